The SMILES string of the molecule is CCCC(F)c1cccc(O)c1O. The van der Waals surface area contributed by atoms with Gasteiger partial charge in [0.05, 0.1) is 0 Å². The summed E-state index contributed by atoms with van der Waals surface area (Å²) >= 11 is 0. The van der Waals surface area contributed by atoms with E-state index in [1.807, 2.05) is 6.92 Å². The Hall–Kier alpha value is -1.25. The number of phenolic OH excluding ortho intramolecular Hbond substituents is 2. The molecule has 0 radical (unpaired) electrons. The minimum atomic E-state index is -1.20. The molecule has 0 fully saturated rings. The lowest BCUT2D eigenvalue weighted by Crippen LogP contribution is -1.91. The van der Waals surface area contributed by atoms with Gasteiger partial charge in [-0.1, -0.05) is 25.5 Å². The second kappa shape index (κ2) is 4.12. The molecule has 1 aromatic rings. The van der Waals surface area contributed by atoms with Crippen molar-refractivity contribution in [2.45, 2.75) is 25.9 Å². The van der Waals surface area contributed by atoms with Gasteiger partial charge in [-0.3, -0.25) is 0 Å². The molecule has 1 aromatic carbocycles. The van der Waals surface area contributed by atoms with Gasteiger partial charge < -0.3 is 10.2 Å². The Labute approximate surface area is 76.6 Å². The fraction of sp³-hybridized carbons (Fsp3) is 0.400. The van der Waals surface area contributed by atoms with Crippen LogP contribution >= 0.6 is 0 Å². The smallest absolute Gasteiger partial charge is 0.163 e. The minimum Gasteiger partial charge on any atom is -0.504 e. The Morgan fingerprint density at radius 3 is 2.69 bits per heavy atom. The maximum atomic E-state index is 13.3. The molecule has 0 heterocycles. The maximum absolute atomic E-state index is 13.3. The highest BCUT2D eigenvalue weighted by Gasteiger charge is 2.14. The number of phenols is 2. The molecule has 2 nitrogen and oxygen atoms in total. The van der Waals surface area contributed by atoms with E-state index in [-0.39, 0.29) is 17.1 Å². The molecule has 0 amide bonds. The van der Waals surface area contributed by atoms with Crippen molar-refractivity contribution in [2.24, 2.45) is 0 Å². The van der Waals surface area contributed by atoms with E-state index in [0.29, 0.717) is 12.8 Å². The number of alkyl halides is 1. The van der Waals surface area contributed by atoms with Crippen molar-refractivity contribution in [3.8, 4) is 11.5 Å². The lowest BCUT2D eigenvalue weighted by molar-refractivity contribution is 0.304. The lowest BCUT2D eigenvalue weighted by atomic mass is 10.1. The molecule has 72 valence electrons. The van der Waals surface area contributed by atoms with Crippen LogP contribution in [0.1, 0.15) is 31.5 Å². The summed E-state index contributed by atoms with van der Waals surface area (Å²) in [5.74, 6) is -0.611. The number of hydrogen-bond donors (Lipinski definition) is 2. The second-order valence-corrected chi connectivity index (χ2v) is 2.97. The van der Waals surface area contributed by atoms with Crippen LogP contribution in [0.15, 0.2) is 18.2 Å². The third kappa shape index (κ3) is 2.11. The maximum Gasteiger partial charge on any atom is 0.163 e. The van der Waals surface area contributed by atoms with E-state index in [4.69, 9.17) is 5.11 Å². The first-order valence-electron chi connectivity index (χ1n) is 4.31. The van der Waals surface area contributed by atoms with Gasteiger partial charge in [0.2, 0.25) is 0 Å². The van der Waals surface area contributed by atoms with Gasteiger partial charge in [0.15, 0.2) is 11.5 Å². The second-order valence-electron chi connectivity index (χ2n) is 2.97. The van der Waals surface area contributed by atoms with Gasteiger partial charge >= 0.3 is 0 Å². The highest BCUT2D eigenvalue weighted by atomic mass is 19.1. The highest BCUT2D eigenvalue weighted by Crippen LogP contribution is 2.35. The molecular formula is C10H13FO2. The lowest BCUT2D eigenvalue weighted by Gasteiger charge is -2.09. The van der Waals surface area contributed by atoms with Crippen LogP contribution in [0.3, 0.4) is 0 Å². The number of hydrogen-bond acceptors (Lipinski definition) is 2. The summed E-state index contributed by atoms with van der Waals surface area (Å²) in [6, 6.07) is 4.33. The van der Waals surface area contributed by atoms with Gasteiger partial charge in [0, 0.05) is 5.56 Å². The zero-order chi connectivity index (χ0) is 9.84. The number of aromatic hydroxyl groups is 2. The quantitative estimate of drug-likeness (QED) is 0.709. The van der Waals surface area contributed by atoms with E-state index < -0.39 is 6.17 Å². The van der Waals surface area contributed by atoms with Crippen molar-refractivity contribution in [1.29, 1.82) is 0 Å². The Bertz CT molecular complexity index is 286. The first-order valence-corrected chi connectivity index (χ1v) is 4.31. The van der Waals surface area contributed by atoms with Crippen LogP contribution in [0.4, 0.5) is 4.39 Å². The van der Waals surface area contributed by atoms with E-state index in [2.05, 4.69) is 0 Å². The van der Waals surface area contributed by atoms with Crippen molar-refractivity contribution in [1.82, 2.24) is 0 Å². The number of para-hydroxylation sites is 1. The first kappa shape index (κ1) is 9.84. The molecule has 0 aliphatic heterocycles. The molecule has 0 aromatic heterocycles. The van der Waals surface area contributed by atoms with Crippen molar-refractivity contribution in [3.63, 3.8) is 0 Å². The van der Waals surface area contributed by atoms with Crippen LogP contribution in [0, 0.1) is 0 Å². The van der Waals surface area contributed by atoms with Gasteiger partial charge in [-0.2, -0.15) is 0 Å². The van der Waals surface area contributed by atoms with E-state index >= 15 is 0 Å². The van der Waals surface area contributed by atoms with Crippen molar-refractivity contribution in [2.75, 3.05) is 0 Å². The first-order chi connectivity index (χ1) is 6.16. The zero-order valence-electron chi connectivity index (χ0n) is 7.50. The van der Waals surface area contributed by atoms with E-state index in [1.54, 1.807) is 0 Å². The molecule has 0 saturated carbocycles. The molecule has 0 saturated heterocycles. The summed E-state index contributed by atoms with van der Waals surface area (Å²) in [5, 5.41) is 18.4. The third-order valence-corrected chi connectivity index (χ3v) is 1.93. The Kier molecular flexibility index (Phi) is 3.12. The standard InChI is InChI=1S/C10H13FO2/c1-2-4-8(11)7-5-3-6-9(12)10(7)13/h3,5-6,8,12-13H,2,4H2,1H3. The van der Waals surface area contributed by atoms with Crippen molar-refractivity contribution >= 4 is 0 Å². The number of rotatable bonds is 3. The molecule has 0 aliphatic carbocycles. The largest absolute Gasteiger partial charge is 0.504 e. The van der Waals surface area contributed by atoms with Crippen LogP contribution in [0.2, 0.25) is 0 Å². The van der Waals surface area contributed by atoms with E-state index in [0.717, 1.165) is 0 Å². The van der Waals surface area contributed by atoms with Crippen LogP contribution in [0.25, 0.3) is 0 Å². The molecular weight excluding hydrogens is 171 g/mol. The molecule has 1 rings (SSSR count). The molecule has 0 aliphatic rings. The molecule has 0 spiro atoms. The summed E-state index contributed by atoms with van der Waals surface area (Å²) < 4.78 is 13.3. The van der Waals surface area contributed by atoms with Crippen LogP contribution < -0.4 is 0 Å². The Morgan fingerprint density at radius 2 is 2.08 bits per heavy atom. The Balaban J connectivity index is 2.93. The molecule has 3 heteroatoms. The number of halogens is 1. The van der Waals surface area contributed by atoms with Crippen molar-refractivity contribution in [3.05, 3.63) is 23.8 Å². The fourth-order valence-electron chi connectivity index (χ4n) is 1.21. The van der Waals surface area contributed by atoms with E-state index in [9.17, 15) is 9.50 Å². The molecule has 0 bridgehead atoms. The normalized spacial score (nSPS) is 12.8. The average Bonchev–Trinajstić information content (AvgIpc) is 2.10. The van der Waals surface area contributed by atoms with Gasteiger partial charge in [0.1, 0.15) is 6.17 Å². The van der Waals surface area contributed by atoms with Gasteiger partial charge in [-0.05, 0) is 12.5 Å². The van der Waals surface area contributed by atoms with Crippen LogP contribution in [-0.4, -0.2) is 10.2 Å². The van der Waals surface area contributed by atoms with Gasteiger partial charge in [-0.25, -0.2) is 4.39 Å². The molecule has 13 heavy (non-hydrogen) atoms. The monoisotopic (exact) mass is 184 g/mol. The Morgan fingerprint density at radius 1 is 1.38 bits per heavy atom. The summed E-state index contributed by atoms with van der Waals surface area (Å²) in [6.45, 7) is 1.87. The van der Waals surface area contributed by atoms with Crippen LogP contribution in [-0.2, 0) is 0 Å². The number of benzene rings is 1. The van der Waals surface area contributed by atoms with Crippen molar-refractivity contribution < 1.29 is 14.6 Å². The topological polar surface area (TPSA) is 40.5 Å². The molecule has 1 unspecified atom stereocenters. The third-order valence-electron chi connectivity index (χ3n) is 1.93. The fourth-order valence-corrected chi connectivity index (χ4v) is 1.21. The predicted octanol–water partition coefficient (Wildman–Crippen LogP) is 2.91. The summed E-state index contributed by atoms with van der Waals surface area (Å²) in [4.78, 5) is 0. The average molecular weight is 184 g/mol. The molecule has 2 N–H and O–H groups in total. The predicted molar refractivity (Wildman–Crippen MR) is 48.5 cm³/mol. The summed E-state index contributed by atoms with van der Waals surface area (Å²) in [5.41, 5.74) is 0.168. The van der Waals surface area contributed by atoms with Gasteiger partial charge in [-0.15, -0.1) is 0 Å². The zero-order valence-corrected chi connectivity index (χ0v) is 7.50. The van der Waals surface area contributed by atoms with Crippen LogP contribution in [0.5, 0.6) is 11.5 Å². The van der Waals surface area contributed by atoms with Gasteiger partial charge in [0.25, 0.3) is 0 Å². The summed E-state index contributed by atoms with van der Waals surface area (Å²) in [7, 11) is 0. The summed E-state index contributed by atoms with van der Waals surface area (Å²) in [6.07, 6.45) is -0.134. The minimum absolute atomic E-state index is 0.168. The van der Waals surface area contributed by atoms with E-state index in [1.165, 1.54) is 18.2 Å². The molecule has 1 atom stereocenters. The highest BCUT2D eigenvalue weighted by molar-refractivity contribution is 5.45.